The van der Waals surface area contributed by atoms with Gasteiger partial charge in [-0.1, -0.05) is 25.3 Å². The van der Waals surface area contributed by atoms with Crippen LogP contribution in [0.2, 0.25) is 0 Å². The molecule has 2 aromatic carbocycles. The van der Waals surface area contributed by atoms with Gasteiger partial charge in [-0.25, -0.2) is 0 Å². The topological polar surface area (TPSA) is 134 Å². The normalized spacial score (nSPS) is 14.0. The van der Waals surface area contributed by atoms with Gasteiger partial charge in [0.2, 0.25) is 11.7 Å². The first-order valence-corrected chi connectivity index (χ1v) is 15.2. The molecule has 0 radical (unpaired) electrons. The van der Waals surface area contributed by atoms with E-state index in [9.17, 15) is 9.59 Å². The molecule has 0 bridgehead atoms. The molecule has 2 heterocycles. The van der Waals surface area contributed by atoms with E-state index in [1.807, 2.05) is 37.3 Å². The standard InChI is InChI=1S/C33H40N6O6/c1-22-10-16-28(45-22)31(33(41)34-25-8-6-5-7-9-25)38(19-18-23-11-17-27(43-3)29(20-23)44-4)30(40)21-39-36-32(35-37-39)24-12-14-26(42-2)15-13-24/h10-17,20,25,31H,5-9,18-19,21H2,1-4H3,(H,34,41)/t31-/m1/s1. The van der Waals surface area contributed by atoms with Crippen molar-refractivity contribution < 1.29 is 28.2 Å². The molecule has 1 saturated carbocycles. The Morgan fingerprint density at radius 2 is 1.73 bits per heavy atom. The van der Waals surface area contributed by atoms with Crippen LogP contribution in [0, 0.1) is 6.92 Å². The highest BCUT2D eigenvalue weighted by molar-refractivity contribution is 5.88. The van der Waals surface area contributed by atoms with Crippen molar-refractivity contribution in [2.24, 2.45) is 0 Å². The quantitative estimate of drug-likeness (QED) is 0.230. The fourth-order valence-corrected chi connectivity index (χ4v) is 5.61. The highest BCUT2D eigenvalue weighted by Gasteiger charge is 2.35. The minimum Gasteiger partial charge on any atom is -0.497 e. The molecule has 1 atom stereocenters. The summed E-state index contributed by atoms with van der Waals surface area (Å²) in [6.07, 6.45) is 5.55. The number of carbonyl (C=O) groups is 2. The molecule has 12 heteroatoms. The molecule has 4 aromatic rings. The number of hydrogen-bond donors (Lipinski definition) is 1. The van der Waals surface area contributed by atoms with Crippen LogP contribution in [0.4, 0.5) is 0 Å². The number of furan rings is 1. The van der Waals surface area contributed by atoms with Gasteiger partial charge in [0.15, 0.2) is 17.5 Å². The third-order valence-corrected chi connectivity index (χ3v) is 8.03. The summed E-state index contributed by atoms with van der Waals surface area (Å²) in [4.78, 5) is 30.9. The van der Waals surface area contributed by atoms with Crippen molar-refractivity contribution in [3.63, 3.8) is 0 Å². The summed E-state index contributed by atoms with van der Waals surface area (Å²) >= 11 is 0. The number of aromatic nitrogens is 4. The van der Waals surface area contributed by atoms with Crippen molar-refractivity contribution in [1.29, 1.82) is 0 Å². The van der Waals surface area contributed by atoms with E-state index < -0.39 is 6.04 Å². The molecule has 0 aliphatic heterocycles. The Morgan fingerprint density at radius 3 is 2.40 bits per heavy atom. The van der Waals surface area contributed by atoms with Crippen LogP contribution in [0.1, 0.15) is 55.2 Å². The molecule has 12 nitrogen and oxygen atoms in total. The smallest absolute Gasteiger partial charge is 0.250 e. The molecule has 1 fully saturated rings. The van der Waals surface area contributed by atoms with Gasteiger partial charge in [-0.15, -0.1) is 10.2 Å². The molecule has 0 unspecified atom stereocenters. The summed E-state index contributed by atoms with van der Waals surface area (Å²) in [5.74, 6) is 2.68. The van der Waals surface area contributed by atoms with Crippen LogP contribution >= 0.6 is 0 Å². The van der Waals surface area contributed by atoms with Gasteiger partial charge in [0.25, 0.3) is 5.91 Å². The molecule has 5 rings (SSSR count). The lowest BCUT2D eigenvalue weighted by atomic mass is 9.95. The molecule has 2 amide bonds. The maximum absolute atomic E-state index is 14.1. The van der Waals surface area contributed by atoms with Crippen molar-refractivity contribution in [1.82, 2.24) is 30.4 Å². The molecule has 238 valence electrons. The maximum atomic E-state index is 14.1. The molecule has 1 N–H and O–H groups in total. The lowest BCUT2D eigenvalue weighted by Gasteiger charge is -2.32. The fourth-order valence-electron chi connectivity index (χ4n) is 5.61. The lowest BCUT2D eigenvalue weighted by Crippen LogP contribution is -2.48. The van der Waals surface area contributed by atoms with Gasteiger partial charge < -0.3 is 28.8 Å². The number of carbonyl (C=O) groups excluding carboxylic acids is 2. The van der Waals surface area contributed by atoms with Crippen LogP contribution in [-0.4, -0.2) is 70.8 Å². The van der Waals surface area contributed by atoms with Gasteiger partial charge in [-0.2, -0.15) is 4.80 Å². The molecule has 45 heavy (non-hydrogen) atoms. The third-order valence-electron chi connectivity index (χ3n) is 8.03. The Balaban J connectivity index is 1.43. The summed E-state index contributed by atoms with van der Waals surface area (Å²) in [7, 11) is 4.75. The molecular formula is C33H40N6O6. The Kier molecular flexibility index (Phi) is 10.3. The molecule has 1 aliphatic carbocycles. The van der Waals surface area contributed by atoms with Crippen molar-refractivity contribution in [3.8, 4) is 28.6 Å². The minimum atomic E-state index is -0.988. The first-order chi connectivity index (χ1) is 21.9. The van der Waals surface area contributed by atoms with E-state index >= 15 is 0 Å². The van der Waals surface area contributed by atoms with E-state index in [4.69, 9.17) is 18.6 Å². The van der Waals surface area contributed by atoms with E-state index in [0.717, 1.165) is 43.2 Å². The van der Waals surface area contributed by atoms with E-state index in [1.165, 1.54) is 4.80 Å². The van der Waals surface area contributed by atoms with E-state index in [1.54, 1.807) is 50.5 Å². The van der Waals surface area contributed by atoms with E-state index in [0.29, 0.717) is 41.0 Å². The van der Waals surface area contributed by atoms with E-state index in [-0.39, 0.29) is 30.9 Å². The maximum Gasteiger partial charge on any atom is 0.250 e. The fraction of sp³-hybridized carbons (Fsp3) is 0.424. The predicted molar refractivity (Wildman–Crippen MR) is 166 cm³/mol. The second-order valence-corrected chi connectivity index (χ2v) is 11.1. The molecular weight excluding hydrogens is 576 g/mol. The summed E-state index contributed by atoms with van der Waals surface area (Å²) in [6.45, 7) is 1.81. The zero-order chi connectivity index (χ0) is 31.8. The highest BCUT2D eigenvalue weighted by Crippen LogP contribution is 2.30. The van der Waals surface area contributed by atoms with Crippen molar-refractivity contribution in [3.05, 3.63) is 71.7 Å². The summed E-state index contributed by atoms with van der Waals surface area (Å²) in [6, 6.07) is 15.5. The Hall–Kier alpha value is -4.87. The van der Waals surface area contributed by atoms with Crippen LogP contribution in [0.25, 0.3) is 11.4 Å². The van der Waals surface area contributed by atoms with Gasteiger partial charge in [0.1, 0.15) is 23.8 Å². The van der Waals surface area contributed by atoms with Gasteiger partial charge in [0, 0.05) is 18.2 Å². The Labute approximate surface area is 262 Å². The average molecular weight is 617 g/mol. The van der Waals surface area contributed by atoms with Crippen molar-refractivity contribution in [2.75, 3.05) is 27.9 Å². The Morgan fingerprint density at radius 1 is 0.978 bits per heavy atom. The number of ether oxygens (including phenoxy) is 3. The third kappa shape index (κ3) is 7.81. The van der Waals surface area contributed by atoms with Crippen LogP contribution in [0.3, 0.4) is 0 Å². The Bertz CT molecular complexity index is 1580. The summed E-state index contributed by atoms with van der Waals surface area (Å²) in [5.41, 5.74) is 1.64. The van der Waals surface area contributed by atoms with Gasteiger partial charge >= 0.3 is 0 Å². The SMILES string of the molecule is COc1ccc(-c2nnn(CC(=O)N(CCc3ccc(OC)c(OC)c3)[C@@H](C(=O)NC3CCCCC3)c3ccc(C)o3)n2)cc1. The zero-order valence-corrected chi connectivity index (χ0v) is 26.2. The second kappa shape index (κ2) is 14.7. The number of hydrogen-bond acceptors (Lipinski definition) is 9. The highest BCUT2D eigenvalue weighted by atomic mass is 16.5. The van der Waals surface area contributed by atoms with Crippen LogP contribution in [-0.2, 0) is 22.6 Å². The van der Waals surface area contributed by atoms with E-state index in [2.05, 4.69) is 20.7 Å². The summed E-state index contributed by atoms with van der Waals surface area (Å²) < 4.78 is 22.1. The second-order valence-electron chi connectivity index (χ2n) is 11.1. The number of nitrogens with zero attached hydrogens (tertiary/aromatic N) is 5. The molecule has 1 aliphatic rings. The molecule has 0 spiro atoms. The number of aryl methyl sites for hydroxylation is 1. The predicted octanol–water partition coefficient (Wildman–Crippen LogP) is 4.53. The number of tetrazole rings is 1. The molecule has 2 aromatic heterocycles. The largest absolute Gasteiger partial charge is 0.497 e. The van der Waals surface area contributed by atoms with Crippen molar-refractivity contribution in [2.45, 2.75) is 64.1 Å². The number of rotatable bonds is 13. The monoisotopic (exact) mass is 616 g/mol. The van der Waals surface area contributed by atoms with Crippen LogP contribution in [0.15, 0.2) is 59.0 Å². The first kappa shape index (κ1) is 31.6. The van der Waals surface area contributed by atoms with Gasteiger partial charge in [-0.3, -0.25) is 9.59 Å². The average Bonchev–Trinajstić information content (AvgIpc) is 3.72. The first-order valence-electron chi connectivity index (χ1n) is 15.2. The summed E-state index contributed by atoms with van der Waals surface area (Å²) in [5, 5.41) is 15.9. The number of amides is 2. The zero-order valence-electron chi connectivity index (χ0n) is 26.2. The lowest BCUT2D eigenvalue weighted by molar-refractivity contribution is -0.142. The van der Waals surface area contributed by atoms with Crippen LogP contribution in [0.5, 0.6) is 17.2 Å². The number of methoxy groups -OCH3 is 3. The van der Waals surface area contributed by atoms with Gasteiger partial charge in [0.05, 0.1) is 21.3 Å². The number of benzene rings is 2. The number of nitrogens with one attached hydrogen (secondary N) is 1. The molecule has 0 saturated heterocycles. The van der Waals surface area contributed by atoms with Crippen LogP contribution < -0.4 is 19.5 Å². The van der Waals surface area contributed by atoms with Gasteiger partial charge in [-0.05, 0) is 85.5 Å². The minimum absolute atomic E-state index is 0.0525. The van der Waals surface area contributed by atoms with Crippen molar-refractivity contribution >= 4 is 11.8 Å².